The van der Waals surface area contributed by atoms with Crippen LogP contribution >= 0.6 is 0 Å². The first kappa shape index (κ1) is 7.98. The molecule has 0 aliphatic heterocycles. The number of aryl methyl sites for hydroxylation is 1. The van der Waals surface area contributed by atoms with Gasteiger partial charge in [0, 0.05) is 19.4 Å². The first-order valence-electron chi connectivity index (χ1n) is 4.01. The Labute approximate surface area is 75.7 Å². The molecule has 66 valence electrons. The van der Waals surface area contributed by atoms with Crippen molar-refractivity contribution >= 4 is 0 Å². The Kier molecular flexibility index (Phi) is 1.85. The van der Waals surface area contributed by atoms with Crippen LogP contribution in [-0.4, -0.2) is 9.55 Å². The SMILES string of the molecule is Cn1cccc1-c1ncccc1F. The van der Waals surface area contributed by atoms with Gasteiger partial charge in [-0.15, -0.1) is 0 Å². The van der Waals surface area contributed by atoms with E-state index >= 15 is 0 Å². The van der Waals surface area contributed by atoms with E-state index in [0.29, 0.717) is 5.69 Å². The van der Waals surface area contributed by atoms with Crippen molar-refractivity contribution in [1.82, 2.24) is 9.55 Å². The predicted octanol–water partition coefficient (Wildman–Crippen LogP) is 2.23. The van der Waals surface area contributed by atoms with Crippen molar-refractivity contribution < 1.29 is 4.39 Å². The zero-order valence-electron chi connectivity index (χ0n) is 7.24. The van der Waals surface area contributed by atoms with Crippen molar-refractivity contribution in [1.29, 1.82) is 0 Å². The predicted molar refractivity (Wildman–Crippen MR) is 48.6 cm³/mol. The molecule has 2 heterocycles. The van der Waals surface area contributed by atoms with Gasteiger partial charge in [0.05, 0.1) is 5.69 Å². The van der Waals surface area contributed by atoms with Gasteiger partial charge in [-0.25, -0.2) is 4.39 Å². The van der Waals surface area contributed by atoms with Gasteiger partial charge >= 0.3 is 0 Å². The summed E-state index contributed by atoms with van der Waals surface area (Å²) in [4.78, 5) is 3.99. The Bertz CT molecular complexity index is 420. The van der Waals surface area contributed by atoms with E-state index in [1.165, 1.54) is 6.07 Å². The van der Waals surface area contributed by atoms with Crippen LogP contribution in [-0.2, 0) is 7.05 Å². The zero-order chi connectivity index (χ0) is 9.26. The van der Waals surface area contributed by atoms with E-state index in [9.17, 15) is 4.39 Å². The molecular weight excluding hydrogens is 167 g/mol. The molecule has 0 amide bonds. The monoisotopic (exact) mass is 176 g/mol. The Morgan fingerprint density at radius 2 is 2.15 bits per heavy atom. The summed E-state index contributed by atoms with van der Waals surface area (Å²) in [5.74, 6) is -0.288. The van der Waals surface area contributed by atoms with Crippen LogP contribution in [0.25, 0.3) is 11.4 Å². The van der Waals surface area contributed by atoms with Gasteiger partial charge in [0.25, 0.3) is 0 Å². The van der Waals surface area contributed by atoms with Gasteiger partial charge in [-0.1, -0.05) is 0 Å². The van der Waals surface area contributed by atoms with E-state index in [2.05, 4.69) is 4.98 Å². The summed E-state index contributed by atoms with van der Waals surface area (Å²) in [6, 6.07) is 6.70. The minimum Gasteiger partial charge on any atom is -0.349 e. The molecule has 0 aliphatic rings. The lowest BCUT2D eigenvalue weighted by Crippen LogP contribution is -1.94. The second-order valence-electron chi connectivity index (χ2n) is 2.84. The number of halogens is 1. The highest BCUT2D eigenvalue weighted by atomic mass is 19.1. The number of rotatable bonds is 1. The maximum Gasteiger partial charge on any atom is 0.150 e. The lowest BCUT2D eigenvalue weighted by molar-refractivity contribution is 0.623. The van der Waals surface area contributed by atoms with E-state index in [1.54, 1.807) is 12.3 Å². The molecule has 13 heavy (non-hydrogen) atoms. The quantitative estimate of drug-likeness (QED) is 0.651. The molecule has 2 aromatic rings. The van der Waals surface area contributed by atoms with Crippen molar-refractivity contribution in [3.05, 3.63) is 42.5 Å². The molecule has 2 rings (SSSR count). The molecule has 0 radical (unpaired) electrons. The van der Waals surface area contributed by atoms with Crippen LogP contribution in [0.3, 0.4) is 0 Å². The van der Waals surface area contributed by atoms with E-state index in [1.807, 2.05) is 29.9 Å². The summed E-state index contributed by atoms with van der Waals surface area (Å²) in [5, 5.41) is 0. The van der Waals surface area contributed by atoms with Crippen molar-refractivity contribution in [3.63, 3.8) is 0 Å². The number of aromatic nitrogens is 2. The summed E-state index contributed by atoms with van der Waals surface area (Å²) < 4.78 is 15.1. The minimum atomic E-state index is -0.288. The van der Waals surface area contributed by atoms with Crippen LogP contribution in [0.5, 0.6) is 0 Å². The van der Waals surface area contributed by atoms with Crippen molar-refractivity contribution in [3.8, 4) is 11.4 Å². The number of hydrogen-bond donors (Lipinski definition) is 0. The molecule has 0 unspecified atom stereocenters. The molecule has 2 aromatic heterocycles. The zero-order valence-corrected chi connectivity index (χ0v) is 7.24. The van der Waals surface area contributed by atoms with Gasteiger partial charge in [-0.05, 0) is 24.3 Å². The number of nitrogens with zero attached hydrogens (tertiary/aromatic N) is 2. The largest absolute Gasteiger partial charge is 0.349 e. The topological polar surface area (TPSA) is 17.8 Å². The van der Waals surface area contributed by atoms with Gasteiger partial charge in [-0.2, -0.15) is 0 Å². The first-order valence-corrected chi connectivity index (χ1v) is 4.01. The normalized spacial score (nSPS) is 10.3. The lowest BCUT2D eigenvalue weighted by atomic mass is 10.2. The minimum absolute atomic E-state index is 0.288. The molecule has 3 heteroatoms. The smallest absolute Gasteiger partial charge is 0.150 e. The molecule has 0 saturated heterocycles. The van der Waals surface area contributed by atoms with Crippen LogP contribution in [0.1, 0.15) is 0 Å². The Morgan fingerprint density at radius 1 is 1.31 bits per heavy atom. The standard InChI is InChI=1S/C10H9FN2/c1-13-7-3-5-9(13)10-8(11)4-2-6-12-10/h2-7H,1H3. The van der Waals surface area contributed by atoms with Gasteiger partial charge in [0.2, 0.25) is 0 Å². The van der Waals surface area contributed by atoms with Crippen LogP contribution in [0.15, 0.2) is 36.7 Å². The highest BCUT2D eigenvalue weighted by Crippen LogP contribution is 2.19. The highest BCUT2D eigenvalue weighted by Gasteiger charge is 2.07. The molecule has 0 bridgehead atoms. The lowest BCUT2D eigenvalue weighted by Gasteiger charge is -2.02. The van der Waals surface area contributed by atoms with Gasteiger partial charge in [0.15, 0.2) is 5.82 Å². The average molecular weight is 176 g/mol. The summed E-state index contributed by atoms with van der Waals surface area (Å²) >= 11 is 0. The van der Waals surface area contributed by atoms with Gasteiger partial charge in [-0.3, -0.25) is 4.98 Å². The number of pyridine rings is 1. The Hall–Kier alpha value is -1.64. The molecular formula is C10H9FN2. The summed E-state index contributed by atoms with van der Waals surface area (Å²) in [5.41, 5.74) is 1.19. The average Bonchev–Trinajstić information content (AvgIpc) is 2.52. The van der Waals surface area contributed by atoms with Crippen LogP contribution < -0.4 is 0 Å². The second-order valence-corrected chi connectivity index (χ2v) is 2.84. The Balaban J connectivity index is 2.59. The molecule has 0 aliphatic carbocycles. The van der Waals surface area contributed by atoms with Crippen molar-refractivity contribution in [2.75, 3.05) is 0 Å². The van der Waals surface area contributed by atoms with Crippen LogP contribution in [0.4, 0.5) is 4.39 Å². The maximum absolute atomic E-state index is 13.3. The molecule has 0 saturated carbocycles. The maximum atomic E-state index is 13.3. The van der Waals surface area contributed by atoms with E-state index < -0.39 is 0 Å². The third-order valence-corrected chi connectivity index (χ3v) is 1.94. The second kappa shape index (κ2) is 3.01. The van der Waals surface area contributed by atoms with Crippen LogP contribution in [0, 0.1) is 5.82 Å². The fourth-order valence-electron chi connectivity index (χ4n) is 1.28. The summed E-state index contributed by atoms with van der Waals surface area (Å²) in [6.07, 6.45) is 3.45. The molecule has 0 atom stereocenters. The third kappa shape index (κ3) is 1.33. The van der Waals surface area contributed by atoms with Crippen LogP contribution in [0.2, 0.25) is 0 Å². The fraction of sp³-hybridized carbons (Fsp3) is 0.100. The van der Waals surface area contributed by atoms with E-state index in [4.69, 9.17) is 0 Å². The number of hydrogen-bond acceptors (Lipinski definition) is 1. The van der Waals surface area contributed by atoms with Crippen molar-refractivity contribution in [2.24, 2.45) is 7.05 Å². The molecule has 2 nitrogen and oxygen atoms in total. The fourth-order valence-corrected chi connectivity index (χ4v) is 1.28. The highest BCUT2D eigenvalue weighted by molar-refractivity contribution is 5.55. The van der Waals surface area contributed by atoms with E-state index in [-0.39, 0.29) is 5.82 Å². The summed E-state index contributed by atoms with van der Waals surface area (Å²) in [7, 11) is 1.86. The van der Waals surface area contributed by atoms with Gasteiger partial charge < -0.3 is 4.57 Å². The van der Waals surface area contributed by atoms with E-state index in [0.717, 1.165) is 5.69 Å². The molecule has 0 N–H and O–H groups in total. The Morgan fingerprint density at radius 3 is 2.77 bits per heavy atom. The van der Waals surface area contributed by atoms with Crippen molar-refractivity contribution in [2.45, 2.75) is 0 Å². The third-order valence-electron chi connectivity index (χ3n) is 1.94. The molecule has 0 aromatic carbocycles. The first-order chi connectivity index (χ1) is 6.29. The summed E-state index contributed by atoms with van der Waals surface area (Å²) in [6.45, 7) is 0. The molecule has 0 spiro atoms. The van der Waals surface area contributed by atoms with Gasteiger partial charge in [0.1, 0.15) is 5.69 Å². The molecule has 0 fully saturated rings.